The lowest BCUT2D eigenvalue weighted by atomic mass is 10.1. The summed E-state index contributed by atoms with van der Waals surface area (Å²) in [6.07, 6.45) is 0.649. The first-order valence-corrected chi connectivity index (χ1v) is 10.0. The Kier molecular flexibility index (Phi) is 6.75. The molecule has 29 heavy (non-hydrogen) atoms. The van der Waals surface area contributed by atoms with Crippen LogP contribution >= 0.6 is 0 Å². The van der Waals surface area contributed by atoms with Gasteiger partial charge in [0.1, 0.15) is 5.75 Å². The molecule has 0 unspecified atom stereocenters. The number of methoxy groups -OCH3 is 1. The summed E-state index contributed by atoms with van der Waals surface area (Å²) in [5.41, 5.74) is 4.79. The predicted molar refractivity (Wildman–Crippen MR) is 114 cm³/mol. The van der Waals surface area contributed by atoms with Gasteiger partial charge in [-0.1, -0.05) is 24.3 Å². The molecule has 1 saturated heterocycles. The van der Waals surface area contributed by atoms with Crippen LogP contribution in [-0.2, 0) is 16.0 Å². The van der Waals surface area contributed by atoms with Gasteiger partial charge in [0.05, 0.1) is 7.11 Å². The molecule has 0 radical (unpaired) electrons. The van der Waals surface area contributed by atoms with Gasteiger partial charge in [-0.2, -0.15) is 0 Å². The Labute approximate surface area is 172 Å². The quantitative estimate of drug-likeness (QED) is 0.790. The van der Waals surface area contributed by atoms with Crippen molar-refractivity contribution in [2.75, 3.05) is 44.7 Å². The monoisotopic (exact) mass is 395 g/mol. The third-order valence-electron chi connectivity index (χ3n) is 5.51. The van der Waals surface area contributed by atoms with E-state index in [2.05, 4.69) is 42.3 Å². The first-order chi connectivity index (χ1) is 14.0. The number of piperazine rings is 1. The Morgan fingerprint density at radius 3 is 2.48 bits per heavy atom. The Morgan fingerprint density at radius 2 is 1.76 bits per heavy atom. The molecule has 1 fully saturated rings. The zero-order chi connectivity index (χ0) is 20.8. The smallest absolute Gasteiger partial charge is 0.312 e. The minimum atomic E-state index is -0.534. The number of rotatable bonds is 5. The van der Waals surface area contributed by atoms with E-state index >= 15 is 0 Å². The first kappa shape index (κ1) is 20.7. The summed E-state index contributed by atoms with van der Waals surface area (Å²) < 4.78 is 5.20. The number of ether oxygens (including phenoxy) is 1. The van der Waals surface area contributed by atoms with Gasteiger partial charge in [-0.05, 0) is 55.2 Å². The predicted octanol–water partition coefficient (Wildman–Crippen LogP) is 2.32. The molecule has 1 aliphatic heterocycles. The van der Waals surface area contributed by atoms with E-state index in [9.17, 15) is 9.59 Å². The number of carbonyl (C=O) groups is 2. The van der Waals surface area contributed by atoms with Gasteiger partial charge in [-0.15, -0.1) is 0 Å². The summed E-state index contributed by atoms with van der Waals surface area (Å²) in [5.74, 6) is -0.198. The number of amides is 2. The summed E-state index contributed by atoms with van der Waals surface area (Å²) in [7, 11) is 1.62. The van der Waals surface area contributed by atoms with Crippen molar-refractivity contribution in [2.24, 2.45) is 0 Å². The molecule has 3 rings (SSSR count). The molecule has 0 atom stereocenters. The highest BCUT2D eigenvalue weighted by Crippen LogP contribution is 2.23. The second kappa shape index (κ2) is 9.45. The highest BCUT2D eigenvalue weighted by Gasteiger charge is 2.26. The van der Waals surface area contributed by atoms with Crippen molar-refractivity contribution in [3.05, 3.63) is 59.2 Å². The third-order valence-corrected chi connectivity index (χ3v) is 5.51. The van der Waals surface area contributed by atoms with Crippen molar-refractivity contribution in [3.63, 3.8) is 0 Å². The average molecular weight is 396 g/mol. The molecule has 0 spiro atoms. The van der Waals surface area contributed by atoms with E-state index in [0.717, 1.165) is 24.4 Å². The average Bonchev–Trinajstić information content (AvgIpc) is 2.75. The number of benzene rings is 2. The second-order valence-electron chi connectivity index (χ2n) is 7.36. The molecule has 0 saturated carbocycles. The third kappa shape index (κ3) is 5.08. The molecule has 0 aromatic heterocycles. The number of hydrogen-bond acceptors (Lipinski definition) is 4. The van der Waals surface area contributed by atoms with Crippen LogP contribution in [0.5, 0.6) is 5.75 Å². The minimum Gasteiger partial charge on any atom is -0.497 e. The molecule has 1 N–H and O–H groups in total. The van der Waals surface area contributed by atoms with Crippen molar-refractivity contribution in [3.8, 4) is 5.75 Å². The fourth-order valence-electron chi connectivity index (χ4n) is 3.60. The molecule has 2 aromatic rings. The van der Waals surface area contributed by atoms with Crippen molar-refractivity contribution in [1.82, 2.24) is 10.2 Å². The van der Waals surface area contributed by atoms with Gasteiger partial charge < -0.3 is 19.9 Å². The van der Waals surface area contributed by atoms with E-state index in [-0.39, 0.29) is 0 Å². The van der Waals surface area contributed by atoms with Crippen LogP contribution in [-0.4, -0.2) is 56.5 Å². The van der Waals surface area contributed by atoms with Gasteiger partial charge in [-0.25, -0.2) is 0 Å². The van der Waals surface area contributed by atoms with E-state index in [1.807, 2.05) is 24.3 Å². The molecule has 154 valence electrons. The lowest BCUT2D eigenvalue weighted by molar-refractivity contribution is -0.146. The van der Waals surface area contributed by atoms with E-state index in [1.54, 1.807) is 12.0 Å². The van der Waals surface area contributed by atoms with Crippen LogP contribution in [0.2, 0.25) is 0 Å². The number of nitrogens with one attached hydrogen (secondary N) is 1. The molecule has 0 aliphatic carbocycles. The van der Waals surface area contributed by atoms with Crippen LogP contribution < -0.4 is 15.0 Å². The molecule has 6 nitrogen and oxygen atoms in total. The van der Waals surface area contributed by atoms with Crippen LogP contribution in [0, 0.1) is 13.8 Å². The topological polar surface area (TPSA) is 61.9 Å². The maximum absolute atomic E-state index is 12.5. The van der Waals surface area contributed by atoms with Gasteiger partial charge in [0, 0.05) is 38.4 Å². The summed E-state index contributed by atoms with van der Waals surface area (Å²) in [6.45, 7) is 7.21. The zero-order valence-electron chi connectivity index (χ0n) is 17.4. The highest BCUT2D eigenvalue weighted by atomic mass is 16.5. The number of hydrogen-bond donors (Lipinski definition) is 1. The lowest BCUT2D eigenvalue weighted by Crippen LogP contribution is -2.53. The molecule has 6 heteroatoms. The minimum absolute atomic E-state index is 0.417. The van der Waals surface area contributed by atoms with E-state index in [1.165, 1.54) is 16.8 Å². The molecule has 1 heterocycles. The zero-order valence-corrected chi connectivity index (χ0v) is 17.4. The Bertz CT molecular complexity index is 873. The van der Waals surface area contributed by atoms with E-state index in [4.69, 9.17) is 4.74 Å². The number of carbonyl (C=O) groups excluding carboxylic acids is 2. The van der Waals surface area contributed by atoms with Gasteiger partial charge in [-0.3, -0.25) is 9.59 Å². The van der Waals surface area contributed by atoms with Crippen LogP contribution in [0.15, 0.2) is 42.5 Å². The second-order valence-corrected chi connectivity index (χ2v) is 7.36. The van der Waals surface area contributed by atoms with Gasteiger partial charge >= 0.3 is 11.8 Å². The molecule has 2 amide bonds. The summed E-state index contributed by atoms with van der Waals surface area (Å²) in [4.78, 5) is 28.7. The molecule has 2 aromatic carbocycles. The SMILES string of the molecule is COc1cccc(CCNC(=O)C(=O)N2CCN(c3cccc(C)c3C)CC2)c1. The van der Waals surface area contributed by atoms with Crippen LogP contribution in [0.3, 0.4) is 0 Å². The summed E-state index contributed by atoms with van der Waals surface area (Å²) in [5, 5.41) is 2.74. The van der Waals surface area contributed by atoms with Crippen molar-refractivity contribution < 1.29 is 14.3 Å². The largest absolute Gasteiger partial charge is 0.497 e. The van der Waals surface area contributed by atoms with Gasteiger partial charge in [0.25, 0.3) is 0 Å². The first-order valence-electron chi connectivity index (χ1n) is 10.0. The maximum atomic E-state index is 12.5. The van der Waals surface area contributed by atoms with Crippen molar-refractivity contribution in [1.29, 1.82) is 0 Å². The molecular formula is C23H29N3O3. The molecular weight excluding hydrogens is 366 g/mol. The normalized spacial score (nSPS) is 13.9. The van der Waals surface area contributed by atoms with Crippen LogP contribution in [0.25, 0.3) is 0 Å². The highest BCUT2D eigenvalue weighted by molar-refractivity contribution is 6.35. The lowest BCUT2D eigenvalue weighted by Gasteiger charge is -2.36. The summed E-state index contributed by atoms with van der Waals surface area (Å²) >= 11 is 0. The fraction of sp³-hybridized carbons (Fsp3) is 0.391. The van der Waals surface area contributed by atoms with Crippen molar-refractivity contribution >= 4 is 17.5 Å². The maximum Gasteiger partial charge on any atom is 0.312 e. The number of aryl methyl sites for hydroxylation is 1. The van der Waals surface area contributed by atoms with Crippen LogP contribution in [0.1, 0.15) is 16.7 Å². The van der Waals surface area contributed by atoms with E-state index in [0.29, 0.717) is 26.1 Å². The van der Waals surface area contributed by atoms with E-state index < -0.39 is 11.8 Å². The molecule has 0 bridgehead atoms. The van der Waals surface area contributed by atoms with Gasteiger partial charge in [0.2, 0.25) is 0 Å². The Hall–Kier alpha value is -3.02. The number of nitrogens with zero attached hydrogens (tertiary/aromatic N) is 2. The fourth-order valence-corrected chi connectivity index (χ4v) is 3.60. The Morgan fingerprint density at radius 1 is 1.03 bits per heavy atom. The standard InChI is InChI=1S/C23H29N3O3/c1-17-6-4-9-21(18(17)2)25-12-14-26(15-13-25)23(28)22(27)24-11-10-19-7-5-8-20(16-19)29-3/h4-9,16H,10-15H2,1-3H3,(H,24,27). The van der Waals surface area contributed by atoms with Gasteiger partial charge in [0.15, 0.2) is 0 Å². The number of anilines is 1. The molecule has 1 aliphatic rings. The van der Waals surface area contributed by atoms with Crippen molar-refractivity contribution in [2.45, 2.75) is 20.3 Å². The Balaban J connectivity index is 1.47. The summed E-state index contributed by atoms with van der Waals surface area (Å²) in [6, 6.07) is 14.0. The van der Waals surface area contributed by atoms with Crippen LogP contribution in [0.4, 0.5) is 5.69 Å².